The summed E-state index contributed by atoms with van der Waals surface area (Å²) < 4.78 is 0. The van der Waals surface area contributed by atoms with Crippen LogP contribution in [0.15, 0.2) is 36.5 Å². The van der Waals surface area contributed by atoms with Crippen molar-refractivity contribution in [3.05, 3.63) is 36.5 Å². The number of aliphatic hydroxyl groups is 1. The second-order valence-electron chi connectivity index (χ2n) is 3.99. The van der Waals surface area contributed by atoms with E-state index in [1.54, 1.807) is 0 Å². The molecule has 0 unspecified atom stereocenters. The van der Waals surface area contributed by atoms with Gasteiger partial charge in [-0.15, -0.1) is 0 Å². The molecule has 84 valence electrons. The summed E-state index contributed by atoms with van der Waals surface area (Å²) in [5, 5.41) is 13.1. The van der Waals surface area contributed by atoms with Crippen molar-refractivity contribution in [1.82, 2.24) is 5.32 Å². The van der Waals surface area contributed by atoms with Crippen LogP contribution in [0.2, 0.25) is 0 Å². The Morgan fingerprint density at radius 3 is 2.67 bits per heavy atom. The van der Waals surface area contributed by atoms with Crippen LogP contribution in [0.3, 0.4) is 0 Å². The summed E-state index contributed by atoms with van der Waals surface area (Å²) in [5.41, 5.74) is 0. The number of hydrogen-bond donors (Lipinski definition) is 2. The molecule has 1 saturated heterocycles. The van der Waals surface area contributed by atoms with Crippen molar-refractivity contribution in [3.63, 3.8) is 0 Å². The van der Waals surface area contributed by atoms with Gasteiger partial charge in [0.1, 0.15) is 0 Å². The lowest BCUT2D eigenvalue weighted by molar-refractivity contribution is 0.0726. The van der Waals surface area contributed by atoms with Crippen LogP contribution in [0.1, 0.15) is 20.3 Å². The molecule has 0 spiro atoms. The summed E-state index contributed by atoms with van der Waals surface area (Å²) in [6, 6.07) is 0.295. The standard InChI is InChI=1S/C13H21NO/c1-3-4-5-6-7-8-12-11(2)13(15)9-10-14-12/h3-8,11-15H,9-10H2,1-2H3/b4-3+,6-5+,8-7+/t11-,12-,13+/m0/s1. The van der Waals surface area contributed by atoms with Crippen molar-refractivity contribution in [2.75, 3.05) is 6.54 Å². The van der Waals surface area contributed by atoms with Crippen LogP contribution >= 0.6 is 0 Å². The highest BCUT2D eigenvalue weighted by Crippen LogP contribution is 2.17. The summed E-state index contributed by atoms with van der Waals surface area (Å²) in [6.07, 6.45) is 12.8. The molecule has 2 heteroatoms. The van der Waals surface area contributed by atoms with Gasteiger partial charge >= 0.3 is 0 Å². The summed E-state index contributed by atoms with van der Waals surface area (Å²) in [4.78, 5) is 0. The quantitative estimate of drug-likeness (QED) is 0.694. The van der Waals surface area contributed by atoms with Gasteiger partial charge in [0.2, 0.25) is 0 Å². The fourth-order valence-electron chi connectivity index (χ4n) is 1.75. The molecule has 0 aromatic carbocycles. The topological polar surface area (TPSA) is 32.3 Å². The molecule has 2 nitrogen and oxygen atoms in total. The first-order valence-electron chi connectivity index (χ1n) is 5.63. The van der Waals surface area contributed by atoms with Crippen molar-refractivity contribution in [2.24, 2.45) is 5.92 Å². The van der Waals surface area contributed by atoms with Crippen molar-refractivity contribution < 1.29 is 5.11 Å². The Morgan fingerprint density at radius 2 is 1.93 bits per heavy atom. The Hall–Kier alpha value is -0.860. The Bertz CT molecular complexity index is 255. The molecule has 0 aliphatic carbocycles. The molecule has 0 amide bonds. The van der Waals surface area contributed by atoms with Gasteiger partial charge in [-0.2, -0.15) is 0 Å². The highest BCUT2D eigenvalue weighted by Gasteiger charge is 2.25. The third-order valence-electron chi connectivity index (χ3n) is 2.84. The van der Waals surface area contributed by atoms with E-state index in [1.165, 1.54) is 0 Å². The zero-order chi connectivity index (χ0) is 11.1. The van der Waals surface area contributed by atoms with E-state index in [-0.39, 0.29) is 6.10 Å². The molecule has 1 aliphatic heterocycles. The molecule has 2 N–H and O–H groups in total. The molecular weight excluding hydrogens is 186 g/mol. The number of piperidine rings is 1. The second kappa shape index (κ2) is 6.59. The fourth-order valence-corrected chi connectivity index (χ4v) is 1.75. The van der Waals surface area contributed by atoms with Crippen molar-refractivity contribution in [1.29, 1.82) is 0 Å². The summed E-state index contributed by atoms with van der Waals surface area (Å²) >= 11 is 0. The zero-order valence-electron chi connectivity index (χ0n) is 9.56. The van der Waals surface area contributed by atoms with Crippen LogP contribution in [0.5, 0.6) is 0 Å². The number of allylic oxidation sites excluding steroid dienone is 5. The first-order chi connectivity index (χ1) is 7.25. The molecule has 1 rings (SSSR count). The van der Waals surface area contributed by atoms with E-state index in [4.69, 9.17) is 0 Å². The minimum Gasteiger partial charge on any atom is -0.393 e. The molecule has 15 heavy (non-hydrogen) atoms. The lowest BCUT2D eigenvalue weighted by Gasteiger charge is -2.32. The first kappa shape index (κ1) is 12.2. The van der Waals surface area contributed by atoms with Crippen LogP contribution < -0.4 is 5.32 Å². The smallest absolute Gasteiger partial charge is 0.0595 e. The molecule has 0 radical (unpaired) electrons. The molecular formula is C13H21NO. The SMILES string of the molecule is C/C=C/C=C/C=C/[C@@H]1NCC[C@@H](O)[C@H]1C. The number of aliphatic hydroxyl groups excluding tert-OH is 1. The van der Waals surface area contributed by atoms with Crippen molar-refractivity contribution >= 4 is 0 Å². The van der Waals surface area contributed by atoms with E-state index in [9.17, 15) is 5.11 Å². The van der Waals surface area contributed by atoms with E-state index in [0.29, 0.717) is 12.0 Å². The van der Waals surface area contributed by atoms with E-state index >= 15 is 0 Å². The molecule has 0 aromatic heterocycles. The Balaban J connectivity index is 2.42. The minimum atomic E-state index is -0.166. The molecule has 0 aromatic rings. The number of hydrogen-bond acceptors (Lipinski definition) is 2. The van der Waals surface area contributed by atoms with Gasteiger partial charge in [0.15, 0.2) is 0 Å². The fraction of sp³-hybridized carbons (Fsp3) is 0.538. The zero-order valence-corrected chi connectivity index (χ0v) is 9.56. The second-order valence-corrected chi connectivity index (χ2v) is 3.99. The molecule has 3 atom stereocenters. The van der Waals surface area contributed by atoms with E-state index in [1.807, 2.05) is 37.3 Å². The van der Waals surface area contributed by atoms with Crippen LogP contribution in [0, 0.1) is 5.92 Å². The van der Waals surface area contributed by atoms with Crippen LogP contribution in [-0.4, -0.2) is 23.8 Å². The summed E-state index contributed by atoms with van der Waals surface area (Å²) in [6.45, 7) is 4.98. The lowest BCUT2D eigenvalue weighted by Crippen LogP contribution is -2.46. The van der Waals surface area contributed by atoms with Gasteiger partial charge in [-0.3, -0.25) is 0 Å². The van der Waals surface area contributed by atoms with E-state index in [0.717, 1.165) is 13.0 Å². The van der Waals surface area contributed by atoms with E-state index < -0.39 is 0 Å². The third-order valence-corrected chi connectivity index (χ3v) is 2.84. The van der Waals surface area contributed by atoms with Crippen molar-refractivity contribution in [3.8, 4) is 0 Å². The summed E-state index contributed by atoms with van der Waals surface area (Å²) in [7, 11) is 0. The largest absolute Gasteiger partial charge is 0.393 e. The normalized spacial score (nSPS) is 33.4. The lowest BCUT2D eigenvalue weighted by atomic mass is 9.90. The van der Waals surface area contributed by atoms with Gasteiger partial charge in [-0.05, 0) is 19.9 Å². The maximum Gasteiger partial charge on any atom is 0.0595 e. The predicted octanol–water partition coefficient (Wildman–Crippen LogP) is 2.03. The molecule has 1 fully saturated rings. The Labute approximate surface area is 92.4 Å². The van der Waals surface area contributed by atoms with Crippen LogP contribution in [0.25, 0.3) is 0 Å². The van der Waals surface area contributed by atoms with E-state index in [2.05, 4.69) is 18.3 Å². The monoisotopic (exact) mass is 207 g/mol. The van der Waals surface area contributed by atoms with Gasteiger partial charge in [-0.25, -0.2) is 0 Å². The predicted molar refractivity (Wildman–Crippen MR) is 64.7 cm³/mol. The maximum atomic E-state index is 9.69. The van der Waals surface area contributed by atoms with Crippen LogP contribution in [-0.2, 0) is 0 Å². The van der Waals surface area contributed by atoms with Gasteiger partial charge < -0.3 is 10.4 Å². The highest BCUT2D eigenvalue weighted by molar-refractivity contribution is 5.13. The number of rotatable bonds is 3. The van der Waals surface area contributed by atoms with Crippen LogP contribution in [0.4, 0.5) is 0 Å². The maximum absolute atomic E-state index is 9.69. The van der Waals surface area contributed by atoms with Gasteiger partial charge in [-0.1, -0.05) is 43.4 Å². The molecule has 1 aliphatic rings. The molecule has 0 saturated carbocycles. The average molecular weight is 207 g/mol. The molecule has 1 heterocycles. The highest BCUT2D eigenvalue weighted by atomic mass is 16.3. The first-order valence-corrected chi connectivity index (χ1v) is 5.63. The minimum absolute atomic E-state index is 0.166. The summed E-state index contributed by atoms with van der Waals surface area (Å²) in [5.74, 6) is 0.296. The third kappa shape index (κ3) is 4.02. The van der Waals surface area contributed by atoms with Gasteiger partial charge in [0.05, 0.1) is 6.10 Å². The number of nitrogens with one attached hydrogen (secondary N) is 1. The van der Waals surface area contributed by atoms with Gasteiger partial charge in [0, 0.05) is 12.0 Å². The Kier molecular flexibility index (Phi) is 5.37. The van der Waals surface area contributed by atoms with Gasteiger partial charge in [0.25, 0.3) is 0 Å². The average Bonchev–Trinajstić information content (AvgIpc) is 2.24. The Morgan fingerprint density at radius 1 is 1.20 bits per heavy atom. The van der Waals surface area contributed by atoms with Crippen molar-refractivity contribution in [2.45, 2.75) is 32.4 Å². The molecule has 0 bridgehead atoms.